The first-order valence-electron chi connectivity index (χ1n) is 3.97. The maximum atomic E-state index is 2.27. The molecule has 0 bridgehead atoms. The normalized spacial score (nSPS) is 8.09. The third-order valence-corrected chi connectivity index (χ3v) is 6.09. The van der Waals surface area contributed by atoms with Gasteiger partial charge in [-0.2, -0.15) is 0 Å². The van der Waals surface area contributed by atoms with Crippen LogP contribution < -0.4 is 4.16 Å². The van der Waals surface area contributed by atoms with Gasteiger partial charge < -0.3 is 0 Å². The van der Waals surface area contributed by atoms with Crippen LogP contribution in [-0.4, -0.2) is 0 Å². The van der Waals surface area contributed by atoms with Crippen molar-refractivity contribution in [2.45, 2.75) is 18.4 Å². The SMILES string of the molecule is Br.CC[CH2][Zn][c]1ccccc1. The summed E-state index contributed by atoms with van der Waals surface area (Å²) in [5, 5.41) is 1.50. The van der Waals surface area contributed by atoms with E-state index in [9.17, 15) is 0 Å². The molecule has 0 radical (unpaired) electrons. The second-order valence-electron chi connectivity index (χ2n) is 2.59. The fourth-order valence-corrected chi connectivity index (χ4v) is 3.89. The van der Waals surface area contributed by atoms with Crippen molar-refractivity contribution >= 4 is 21.1 Å². The number of hydrogen-bond acceptors (Lipinski definition) is 0. The average molecular weight is 266 g/mol. The minimum atomic E-state index is -0.312. The molecule has 11 heavy (non-hydrogen) atoms. The first kappa shape index (κ1) is 11.3. The van der Waals surface area contributed by atoms with Gasteiger partial charge in [0, 0.05) is 0 Å². The summed E-state index contributed by atoms with van der Waals surface area (Å²) in [6.07, 6.45) is 1.37. The zero-order valence-corrected chi connectivity index (χ0v) is 11.6. The van der Waals surface area contributed by atoms with Crippen LogP contribution in [0.5, 0.6) is 0 Å². The Morgan fingerprint density at radius 1 is 1.18 bits per heavy atom. The van der Waals surface area contributed by atoms with Gasteiger partial charge in [0.2, 0.25) is 0 Å². The summed E-state index contributed by atoms with van der Waals surface area (Å²) in [5.41, 5.74) is 0. The molecule has 1 aromatic carbocycles. The molecule has 0 fully saturated rings. The van der Waals surface area contributed by atoms with Gasteiger partial charge in [-0.25, -0.2) is 0 Å². The molecule has 0 amide bonds. The number of rotatable bonds is 3. The van der Waals surface area contributed by atoms with Crippen molar-refractivity contribution in [2.75, 3.05) is 0 Å². The van der Waals surface area contributed by atoms with Gasteiger partial charge >= 0.3 is 70.0 Å². The molecule has 0 heterocycles. The Balaban J connectivity index is 0.000001000. The Kier molecular flexibility index (Phi) is 7.20. The summed E-state index contributed by atoms with van der Waals surface area (Å²) >= 11 is -0.312. The van der Waals surface area contributed by atoms with Gasteiger partial charge in [-0.3, -0.25) is 0 Å². The molecule has 0 unspecified atom stereocenters. The van der Waals surface area contributed by atoms with Gasteiger partial charge in [0.05, 0.1) is 0 Å². The molecule has 58 valence electrons. The van der Waals surface area contributed by atoms with E-state index in [0.29, 0.717) is 0 Å². The van der Waals surface area contributed by atoms with Gasteiger partial charge in [-0.1, -0.05) is 0 Å². The second kappa shape index (κ2) is 7.00. The van der Waals surface area contributed by atoms with E-state index < -0.39 is 0 Å². The molecule has 1 aromatic rings. The predicted octanol–water partition coefficient (Wildman–Crippen LogP) is 2.80. The Morgan fingerprint density at radius 3 is 2.36 bits per heavy atom. The zero-order valence-electron chi connectivity index (χ0n) is 6.92. The summed E-state index contributed by atoms with van der Waals surface area (Å²) in [6.45, 7) is 2.27. The number of halogens is 1. The molecule has 0 saturated heterocycles. The van der Waals surface area contributed by atoms with Crippen LogP contribution >= 0.6 is 17.0 Å². The zero-order chi connectivity index (χ0) is 7.23. The Labute approximate surface area is 86.8 Å². The van der Waals surface area contributed by atoms with Crippen molar-refractivity contribution in [3.63, 3.8) is 0 Å². The van der Waals surface area contributed by atoms with Crippen LogP contribution in [0, 0.1) is 0 Å². The third-order valence-electron chi connectivity index (χ3n) is 1.66. The van der Waals surface area contributed by atoms with Gasteiger partial charge in [0.25, 0.3) is 0 Å². The Hall–Kier alpha value is 0.323. The first-order valence-corrected chi connectivity index (χ1v) is 7.55. The summed E-state index contributed by atoms with van der Waals surface area (Å²) in [6, 6.07) is 10.9. The Bertz CT molecular complexity index is 174. The average Bonchev–Trinajstić information content (AvgIpc) is 2.03. The molecular formula is C9H13BrZn. The van der Waals surface area contributed by atoms with E-state index in [1.807, 2.05) is 0 Å². The van der Waals surface area contributed by atoms with E-state index in [1.54, 1.807) is 4.16 Å². The molecule has 2 heteroatoms. The van der Waals surface area contributed by atoms with Gasteiger partial charge in [0.1, 0.15) is 0 Å². The summed E-state index contributed by atoms with van der Waals surface area (Å²) in [5.74, 6) is 0. The van der Waals surface area contributed by atoms with E-state index >= 15 is 0 Å². The third kappa shape index (κ3) is 4.71. The molecule has 0 saturated carbocycles. The van der Waals surface area contributed by atoms with Crippen molar-refractivity contribution in [3.8, 4) is 0 Å². The summed E-state index contributed by atoms with van der Waals surface area (Å²) in [7, 11) is 0. The topological polar surface area (TPSA) is 0 Å². The van der Waals surface area contributed by atoms with E-state index in [-0.39, 0.29) is 34.1 Å². The van der Waals surface area contributed by atoms with Crippen LogP contribution in [0.2, 0.25) is 5.02 Å². The summed E-state index contributed by atoms with van der Waals surface area (Å²) in [4.78, 5) is 0. The number of hydrogen-bond donors (Lipinski definition) is 0. The van der Waals surface area contributed by atoms with Crippen molar-refractivity contribution in [2.24, 2.45) is 0 Å². The van der Waals surface area contributed by atoms with Crippen LogP contribution in [-0.2, 0) is 17.1 Å². The Morgan fingerprint density at radius 2 is 1.82 bits per heavy atom. The predicted molar refractivity (Wildman–Crippen MR) is 51.5 cm³/mol. The van der Waals surface area contributed by atoms with Gasteiger partial charge in [0.15, 0.2) is 0 Å². The molecular weight excluding hydrogens is 253 g/mol. The molecule has 0 aliphatic carbocycles. The molecule has 0 spiro atoms. The molecule has 0 atom stereocenters. The number of benzene rings is 1. The van der Waals surface area contributed by atoms with E-state index in [0.717, 1.165) is 0 Å². The van der Waals surface area contributed by atoms with E-state index in [2.05, 4.69) is 37.3 Å². The van der Waals surface area contributed by atoms with Crippen LogP contribution in [0.4, 0.5) is 0 Å². The molecule has 0 aromatic heterocycles. The van der Waals surface area contributed by atoms with Crippen molar-refractivity contribution < 1.29 is 17.1 Å². The van der Waals surface area contributed by atoms with Crippen LogP contribution in [0.25, 0.3) is 0 Å². The van der Waals surface area contributed by atoms with Gasteiger partial charge in [-0.05, 0) is 0 Å². The van der Waals surface area contributed by atoms with Gasteiger partial charge in [-0.15, -0.1) is 17.0 Å². The quantitative estimate of drug-likeness (QED) is 0.738. The van der Waals surface area contributed by atoms with E-state index in [1.165, 1.54) is 11.4 Å². The van der Waals surface area contributed by atoms with E-state index in [4.69, 9.17) is 0 Å². The van der Waals surface area contributed by atoms with Crippen molar-refractivity contribution in [3.05, 3.63) is 30.3 Å². The molecule has 0 N–H and O–H groups in total. The molecule has 1 rings (SSSR count). The molecule has 0 nitrogen and oxygen atoms in total. The first-order chi connectivity index (χ1) is 4.93. The van der Waals surface area contributed by atoms with Crippen LogP contribution in [0.1, 0.15) is 13.3 Å². The summed E-state index contributed by atoms with van der Waals surface area (Å²) < 4.78 is 1.65. The molecule has 0 aliphatic rings. The fourth-order valence-electron chi connectivity index (χ4n) is 1.03. The second-order valence-corrected chi connectivity index (χ2v) is 6.83. The van der Waals surface area contributed by atoms with Crippen LogP contribution in [0.15, 0.2) is 30.3 Å². The molecule has 0 aliphatic heterocycles. The fraction of sp³-hybridized carbons (Fsp3) is 0.333. The minimum absolute atomic E-state index is 0. The maximum absolute atomic E-state index is 2.27. The van der Waals surface area contributed by atoms with Crippen LogP contribution in [0.3, 0.4) is 0 Å². The standard InChI is InChI=1S/C6H5.C3H7.BrH.Zn/c1-2-4-6-5-3-1;1-3-2;;/h1-5H;1,3H2,2H3;1H;. The monoisotopic (exact) mass is 264 g/mol. The van der Waals surface area contributed by atoms with Crippen molar-refractivity contribution in [1.82, 2.24) is 0 Å². The van der Waals surface area contributed by atoms with Crippen molar-refractivity contribution in [1.29, 1.82) is 0 Å².